The number of allylic oxidation sites excluding steroid dienone is 1. The van der Waals surface area contributed by atoms with Gasteiger partial charge in [0.15, 0.2) is 0 Å². The molecular formula is C24H30N4O. The van der Waals surface area contributed by atoms with Crippen molar-refractivity contribution in [2.24, 2.45) is 5.10 Å². The first-order valence-corrected chi connectivity index (χ1v) is 9.88. The van der Waals surface area contributed by atoms with Crippen LogP contribution in [0.2, 0.25) is 0 Å². The first-order chi connectivity index (χ1) is 13.7. The van der Waals surface area contributed by atoms with Gasteiger partial charge < -0.3 is 10.2 Å². The molecule has 0 atom stereocenters. The molecule has 3 rings (SSSR count). The second-order valence-electron chi connectivity index (χ2n) is 8.26. The number of aryl methyl sites for hydroxylation is 2. The fraction of sp³-hybridized carbons (Fsp3) is 0.333. The zero-order valence-electron chi connectivity index (χ0n) is 18.1. The van der Waals surface area contributed by atoms with Gasteiger partial charge in [0.1, 0.15) is 0 Å². The van der Waals surface area contributed by atoms with Gasteiger partial charge in [0.25, 0.3) is 5.91 Å². The molecule has 0 fully saturated rings. The Balaban J connectivity index is 1.60. The first kappa shape index (κ1) is 20.6. The predicted octanol–water partition coefficient (Wildman–Crippen LogP) is 4.50. The molecule has 0 unspecified atom stereocenters. The van der Waals surface area contributed by atoms with Crippen LogP contribution >= 0.6 is 0 Å². The standard InChI is InChI=1S/C24H30N4O/c1-16-7-9-20(11-17(16)2)25-15-23(29)27-26-14-19-8-10-22-21(12-19)18(3)13-24(4,5)28(22)6/h7-14,25H,15H2,1-6H3,(H,27,29)/b26-14-. The Kier molecular flexibility index (Phi) is 5.78. The van der Waals surface area contributed by atoms with E-state index in [1.54, 1.807) is 6.21 Å². The van der Waals surface area contributed by atoms with Crippen molar-refractivity contribution in [3.05, 3.63) is 64.7 Å². The molecule has 29 heavy (non-hydrogen) atoms. The molecule has 0 aromatic heterocycles. The number of amides is 1. The third kappa shape index (κ3) is 4.67. The number of hydrogen-bond acceptors (Lipinski definition) is 4. The van der Waals surface area contributed by atoms with Crippen molar-refractivity contribution in [3.8, 4) is 0 Å². The average molecular weight is 391 g/mol. The van der Waals surface area contributed by atoms with Crippen molar-refractivity contribution in [1.82, 2.24) is 5.43 Å². The van der Waals surface area contributed by atoms with Gasteiger partial charge in [-0.25, -0.2) is 5.43 Å². The summed E-state index contributed by atoms with van der Waals surface area (Å²) in [6.45, 7) is 10.8. The summed E-state index contributed by atoms with van der Waals surface area (Å²) in [7, 11) is 2.11. The second kappa shape index (κ2) is 8.11. The summed E-state index contributed by atoms with van der Waals surface area (Å²) < 4.78 is 0. The first-order valence-electron chi connectivity index (χ1n) is 9.88. The molecule has 0 spiro atoms. The van der Waals surface area contributed by atoms with Crippen LogP contribution in [-0.4, -0.2) is 31.3 Å². The van der Waals surface area contributed by atoms with Gasteiger partial charge in [-0.2, -0.15) is 5.10 Å². The van der Waals surface area contributed by atoms with Crippen molar-refractivity contribution in [1.29, 1.82) is 0 Å². The van der Waals surface area contributed by atoms with Crippen molar-refractivity contribution in [2.75, 3.05) is 23.8 Å². The van der Waals surface area contributed by atoms with E-state index < -0.39 is 0 Å². The lowest BCUT2D eigenvalue weighted by molar-refractivity contribution is -0.119. The fourth-order valence-corrected chi connectivity index (χ4v) is 3.51. The van der Waals surface area contributed by atoms with Crippen molar-refractivity contribution < 1.29 is 4.79 Å². The van der Waals surface area contributed by atoms with E-state index >= 15 is 0 Å². The van der Waals surface area contributed by atoms with E-state index in [-0.39, 0.29) is 18.0 Å². The quantitative estimate of drug-likeness (QED) is 0.584. The lowest BCUT2D eigenvalue weighted by Gasteiger charge is -2.40. The van der Waals surface area contributed by atoms with Gasteiger partial charge in [-0.1, -0.05) is 18.2 Å². The second-order valence-corrected chi connectivity index (χ2v) is 8.26. The van der Waals surface area contributed by atoms with Crippen LogP contribution in [0, 0.1) is 13.8 Å². The fourth-order valence-electron chi connectivity index (χ4n) is 3.51. The normalized spacial score (nSPS) is 15.1. The van der Waals surface area contributed by atoms with E-state index in [9.17, 15) is 4.79 Å². The molecule has 1 aliphatic rings. The predicted molar refractivity (Wildman–Crippen MR) is 123 cm³/mol. The number of benzene rings is 2. The molecule has 5 heteroatoms. The number of carbonyl (C=O) groups excluding carboxylic acids is 1. The van der Waals surface area contributed by atoms with E-state index in [0.717, 1.165) is 11.3 Å². The summed E-state index contributed by atoms with van der Waals surface area (Å²) in [6, 6.07) is 12.3. The van der Waals surface area contributed by atoms with E-state index in [1.165, 1.54) is 28.0 Å². The summed E-state index contributed by atoms with van der Waals surface area (Å²) in [5.74, 6) is -0.185. The number of hydrogen-bond donors (Lipinski definition) is 2. The Hall–Kier alpha value is -3.08. The molecule has 1 heterocycles. The minimum Gasteiger partial charge on any atom is -0.376 e. The maximum Gasteiger partial charge on any atom is 0.259 e. The number of rotatable bonds is 5. The molecule has 1 aliphatic heterocycles. The lowest BCUT2D eigenvalue weighted by atomic mass is 9.89. The zero-order chi connectivity index (χ0) is 21.2. The summed E-state index contributed by atoms with van der Waals surface area (Å²) in [4.78, 5) is 14.3. The summed E-state index contributed by atoms with van der Waals surface area (Å²) >= 11 is 0. The Morgan fingerprint density at radius 2 is 1.86 bits per heavy atom. The minimum atomic E-state index is -0.185. The van der Waals surface area contributed by atoms with Crippen LogP contribution in [0.5, 0.6) is 0 Å². The largest absolute Gasteiger partial charge is 0.376 e. The maximum absolute atomic E-state index is 12.1. The average Bonchev–Trinajstić information content (AvgIpc) is 2.67. The Morgan fingerprint density at radius 3 is 2.59 bits per heavy atom. The maximum atomic E-state index is 12.1. The minimum absolute atomic E-state index is 0.0103. The third-order valence-electron chi connectivity index (χ3n) is 5.60. The highest BCUT2D eigenvalue weighted by atomic mass is 16.2. The summed E-state index contributed by atoms with van der Waals surface area (Å²) in [5.41, 5.74) is 10.5. The van der Waals surface area contributed by atoms with Crippen LogP contribution < -0.4 is 15.6 Å². The van der Waals surface area contributed by atoms with Crippen molar-refractivity contribution >= 4 is 29.1 Å². The lowest BCUT2D eigenvalue weighted by Crippen LogP contribution is -2.42. The van der Waals surface area contributed by atoms with Crippen LogP contribution in [0.25, 0.3) is 5.57 Å². The summed E-state index contributed by atoms with van der Waals surface area (Å²) in [6.07, 6.45) is 3.96. The number of hydrazone groups is 1. The highest BCUT2D eigenvalue weighted by Crippen LogP contribution is 2.37. The van der Waals surface area contributed by atoms with Gasteiger partial charge in [0, 0.05) is 24.0 Å². The molecule has 0 radical (unpaired) electrons. The smallest absolute Gasteiger partial charge is 0.259 e. The van der Waals surface area contributed by atoms with E-state index in [1.807, 2.05) is 24.3 Å². The molecule has 1 amide bonds. The summed E-state index contributed by atoms with van der Waals surface area (Å²) in [5, 5.41) is 7.23. The van der Waals surface area contributed by atoms with Crippen LogP contribution in [0.15, 0.2) is 47.6 Å². The van der Waals surface area contributed by atoms with E-state index in [0.29, 0.717) is 0 Å². The molecule has 0 saturated carbocycles. The number of likely N-dealkylation sites (N-methyl/N-ethyl adjacent to an activating group) is 1. The molecule has 2 N–H and O–H groups in total. The number of anilines is 2. The van der Waals surface area contributed by atoms with Gasteiger partial charge in [-0.3, -0.25) is 4.79 Å². The topological polar surface area (TPSA) is 56.7 Å². The number of carbonyl (C=O) groups is 1. The Labute approximate surface area is 173 Å². The van der Waals surface area contributed by atoms with Crippen molar-refractivity contribution in [2.45, 2.75) is 40.2 Å². The molecule has 5 nitrogen and oxygen atoms in total. The molecule has 152 valence electrons. The van der Waals surface area contributed by atoms with Crippen LogP contribution in [0.3, 0.4) is 0 Å². The van der Waals surface area contributed by atoms with Gasteiger partial charge in [0.2, 0.25) is 0 Å². The van der Waals surface area contributed by atoms with Gasteiger partial charge in [-0.05, 0) is 81.1 Å². The van der Waals surface area contributed by atoms with Crippen LogP contribution in [0.4, 0.5) is 11.4 Å². The Morgan fingerprint density at radius 1 is 1.10 bits per heavy atom. The number of fused-ring (bicyclic) bond motifs is 1. The van der Waals surface area contributed by atoms with E-state index in [2.05, 4.69) is 80.6 Å². The van der Waals surface area contributed by atoms with Crippen LogP contribution in [0.1, 0.15) is 43.0 Å². The third-order valence-corrected chi connectivity index (χ3v) is 5.60. The highest BCUT2D eigenvalue weighted by molar-refractivity contribution is 5.88. The van der Waals surface area contributed by atoms with E-state index in [4.69, 9.17) is 0 Å². The van der Waals surface area contributed by atoms with Crippen molar-refractivity contribution in [3.63, 3.8) is 0 Å². The zero-order valence-corrected chi connectivity index (χ0v) is 18.1. The molecule has 2 aromatic rings. The monoisotopic (exact) mass is 390 g/mol. The molecule has 2 aromatic carbocycles. The van der Waals surface area contributed by atoms with Gasteiger partial charge in [-0.15, -0.1) is 0 Å². The van der Waals surface area contributed by atoms with Gasteiger partial charge >= 0.3 is 0 Å². The SMILES string of the molecule is CC1=CC(C)(C)N(C)c2ccc(/C=N\NC(=O)CNc3ccc(C)c(C)c3)cc21. The molecule has 0 bridgehead atoms. The number of nitrogens with one attached hydrogen (secondary N) is 2. The molecule has 0 aliphatic carbocycles. The van der Waals surface area contributed by atoms with Gasteiger partial charge in [0.05, 0.1) is 18.3 Å². The highest BCUT2D eigenvalue weighted by Gasteiger charge is 2.28. The molecular weight excluding hydrogens is 360 g/mol. The van der Waals surface area contributed by atoms with Crippen LogP contribution in [-0.2, 0) is 4.79 Å². The number of nitrogens with zero attached hydrogens (tertiary/aromatic N) is 2. The Bertz CT molecular complexity index is 988. The molecule has 0 saturated heterocycles.